The van der Waals surface area contributed by atoms with Crippen LogP contribution in [0.15, 0.2) is 35.6 Å². The number of anilines is 1. The molecule has 110 valence electrons. The molecule has 0 saturated carbocycles. The van der Waals surface area contributed by atoms with Gasteiger partial charge in [0.2, 0.25) is 5.91 Å². The Bertz CT molecular complexity index is 612. The molecule has 21 heavy (non-hydrogen) atoms. The molecule has 0 atom stereocenters. The average Bonchev–Trinajstić information content (AvgIpc) is 3.07. The highest BCUT2D eigenvalue weighted by Crippen LogP contribution is 2.29. The number of nitrogens with zero attached hydrogens (tertiary/aromatic N) is 2. The summed E-state index contributed by atoms with van der Waals surface area (Å²) >= 11 is 1.80. The molecule has 0 radical (unpaired) electrons. The van der Waals surface area contributed by atoms with Gasteiger partial charge in [-0.2, -0.15) is 0 Å². The van der Waals surface area contributed by atoms with Crippen LogP contribution < -0.4 is 5.32 Å². The second kappa shape index (κ2) is 6.35. The van der Waals surface area contributed by atoms with Crippen LogP contribution in [0.4, 0.5) is 5.69 Å². The van der Waals surface area contributed by atoms with Gasteiger partial charge in [0.15, 0.2) is 5.16 Å². The van der Waals surface area contributed by atoms with E-state index in [9.17, 15) is 4.79 Å². The third-order valence-electron chi connectivity index (χ3n) is 3.53. The second-order valence-corrected chi connectivity index (χ2v) is 6.24. The first-order chi connectivity index (χ1) is 10.3. The minimum atomic E-state index is 0.0852. The van der Waals surface area contributed by atoms with E-state index in [0.29, 0.717) is 6.42 Å². The summed E-state index contributed by atoms with van der Waals surface area (Å²) in [5.74, 6) is 1.20. The molecular formula is C16H19N3OS. The van der Waals surface area contributed by atoms with Gasteiger partial charge in [-0.15, -0.1) is 0 Å². The Hall–Kier alpha value is -1.75. The normalized spacial score (nSPS) is 13.2. The fourth-order valence-electron chi connectivity index (χ4n) is 2.33. The van der Waals surface area contributed by atoms with Crippen LogP contribution in [-0.2, 0) is 11.3 Å². The Morgan fingerprint density at radius 3 is 2.90 bits per heavy atom. The van der Waals surface area contributed by atoms with Gasteiger partial charge in [-0.3, -0.25) is 4.79 Å². The molecule has 1 aliphatic rings. The van der Waals surface area contributed by atoms with Gasteiger partial charge >= 0.3 is 0 Å². The van der Waals surface area contributed by atoms with Gasteiger partial charge in [0.05, 0.1) is 5.69 Å². The van der Waals surface area contributed by atoms with E-state index in [1.807, 2.05) is 24.3 Å². The van der Waals surface area contributed by atoms with E-state index in [1.165, 1.54) is 0 Å². The van der Waals surface area contributed by atoms with E-state index in [2.05, 4.69) is 28.0 Å². The number of rotatable bonds is 5. The van der Waals surface area contributed by atoms with Gasteiger partial charge in [-0.05, 0) is 18.6 Å². The quantitative estimate of drug-likeness (QED) is 0.914. The van der Waals surface area contributed by atoms with Gasteiger partial charge in [0.1, 0.15) is 0 Å². The molecule has 0 unspecified atom stereocenters. The lowest BCUT2D eigenvalue weighted by atomic mass is 10.1. The third kappa shape index (κ3) is 3.29. The Morgan fingerprint density at radius 2 is 2.19 bits per heavy atom. The molecule has 0 aliphatic carbocycles. The minimum absolute atomic E-state index is 0.0852. The van der Waals surface area contributed by atoms with Crippen molar-refractivity contribution in [1.29, 1.82) is 0 Å². The van der Waals surface area contributed by atoms with E-state index in [-0.39, 0.29) is 5.91 Å². The number of thioether (sulfide) groups is 1. The summed E-state index contributed by atoms with van der Waals surface area (Å²) in [6.07, 6.45) is 4.66. The molecular weight excluding hydrogens is 282 g/mol. The van der Waals surface area contributed by atoms with Gasteiger partial charge in [-0.1, -0.05) is 37.2 Å². The van der Waals surface area contributed by atoms with Crippen LogP contribution in [0.5, 0.6) is 0 Å². The van der Waals surface area contributed by atoms with Crippen LogP contribution in [0, 0.1) is 0 Å². The molecule has 1 aliphatic heterocycles. The zero-order valence-corrected chi connectivity index (χ0v) is 12.9. The molecule has 1 aromatic carbocycles. The topological polar surface area (TPSA) is 46.9 Å². The fraction of sp³-hybridized carbons (Fsp3) is 0.375. The van der Waals surface area contributed by atoms with Crippen LogP contribution >= 0.6 is 11.8 Å². The summed E-state index contributed by atoms with van der Waals surface area (Å²) in [6.45, 7) is 3.13. The Kier molecular flexibility index (Phi) is 4.29. The number of benzene rings is 1. The lowest BCUT2D eigenvalue weighted by Gasteiger charge is -2.05. The molecule has 5 heteroatoms. The van der Waals surface area contributed by atoms with Crippen molar-refractivity contribution in [1.82, 2.24) is 9.55 Å². The zero-order chi connectivity index (χ0) is 14.7. The van der Waals surface area contributed by atoms with Crippen molar-refractivity contribution < 1.29 is 4.79 Å². The molecule has 2 heterocycles. The molecule has 4 nitrogen and oxygen atoms in total. The van der Waals surface area contributed by atoms with Crippen LogP contribution in [0.1, 0.15) is 26.2 Å². The van der Waals surface area contributed by atoms with Crippen molar-refractivity contribution in [3.8, 4) is 11.3 Å². The van der Waals surface area contributed by atoms with E-state index < -0.39 is 0 Å². The van der Waals surface area contributed by atoms with Crippen molar-refractivity contribution in [2.45, 2.75) is 37.9 Å². The van der Waals surface area contributed by atoms with Gasteiger partial charge < -0.3 is 9.88 Å². The summed E-state index contributed by atoms with van der Waals surface area (Å²) in [5, 5.41) is 4.02. The number of aromatic nitrogens is 2. The molecule has 0 spiro atoms. The number of unbranched alkanes of at least 4 members (excludes halogenated alkanes) is 1. The molecule has 0 fully saturated rings. The van der Waals surface area contributed by atoms with Crippen LogP contribution in [0.3, 0.4) is 0 Å². The van der Waals surface area contributed by atoms with Crippen molar-refractivity contribution >= 4 is 23.4 Å². The van der Waals surface area contributed by atoms with Crippen molar-refractivity contribution in [2.24, 2.45) is 0 Å². The summed E-state index contributed by atoms with van der Waals surface area (Å²) in [5.41, 5.74) is 2.94. The number of aryl methyl sites for hydroxylation is 1. The average molecular weight is 301 g/mol. The summed E-state index contributed by atoms with van der Waals surface area (Å²) in [6, 6.07) is 7.91. The van der Waals surface area contributed by atoms with Gasteiger partial charge in [0.25, 0.3) is 0 Å². The third-order valence-corrected chi connectivity index (χ3v) is 4.50. The lowest BCUT2D eigenvalue weighted by molar-refractivity contribution is -0.116. The van der Waals surface area contributed by atoms with Crippen LogP contribution in [0.25, 0.3) is 11.3 Å². The van der Waals surface area contributed by atoms with Crippen molar-refractivity contribution in [3.05, 3.63) is 30.5 Å². The van der Waals surface area contributed by atoms with E-state index in [1.54, 1.807) is 11.8 Å². The number of fused-ring (bicyclic) bond motifs is 1. The largest absolute Gasteiger partial charge is 0.326 e. The first-order valence-electron chi connectivity index (χ1n) is 7.36. The molecule has 1 N–H and O–H groups in total. The predicted octanol–water partition coefficient (Wildman–Crippen LogP) is 3.78. The van der Waals surface area contributed by atoms with Crippen LogP contribution in [0.2, 0.25) is 0 Å². The smallest absolute Gasteiger partial charge is 0.224 e. The standard InChI is InChI=1S/C16H19N3OS/c1-2-3-4-15(20)17-13-7-5-12(6-8-13)14-11-19-9-10-21-16(19)18-14/h5-8,11H,2-4,9-10H2,1H3,(H,17,20). The van der Waals surface area contributed by atoms with Gasteiger partial charge in [0, 0.05) is 36.2 Å². The van der Waals surface area contributed by atoms with E-state index in [4.69, 9.17) is 0 Å². The SMILES string of the molecule is CCCCC(=O)Nc1ccc(-c2cn3c(n2)SCC3)cc1. The lowest BCUT2D eigenvalue weighted by Crippen LogP contribution is -2.10. The number of hydrogen-bond donors (Lipinski definition) is 1. The number of amides is 1. The van der Waals surface area contributed by atoms with E-state index in [0.717, 1.165) is 47.2 Å². The maximum atomic E-state index is 11.7. The molecule has 1 aromatic heterocycles. The maximum Gasteiger partial charge on any atom is 0.224 e. The highest BCUT2D eigenvalue weighted by molar-refractivity contribution is 7.99. The van der Waals surface area contributed by atoms with Gasteiger partial charge in [-0.25, -0.2) is 4.98 Å². The Balaban J connectivity index is 1.67. The molecule has 2 aromatic rings. The maximum absolute atomic E-state index is 11.7. The van der Waals surface area contributed by atoms with Crippen molar-refractivity contribution in [3.63, 3.8) is 0 Å². The minimum Gasteiger partial charge on any atom is -0.326 e. The first kappa shape index (κ1) is 14.2. The van der Waals surface area contributed by atoms with Crippen molar-refractivity contribution in [2.75, 3.05) is 11.1 Å². The number of imidazole rings is 1. The fourth-order valence-corrected chi connectivity index (χ4v) is 3.28. The van der Waals surface area contributed by atoms with Crippen LogP contribution in [-0.4, -0.2) is 21.2 Å². The first-order valence-corrected chi connectivity index (χ1v) is 8.35. The number of carbonyl (C=O) groups excluding carboxylic acids is 1. The summed E-state index contributed by atoms with van der Waals surface area (Å²) in [4.78, 5) is 16.3. The predicted molar refractivity (Wildman–Crippen MR) is 86.5 cm³/mol. The summed E-state index contributed by atoms with van der Waals surface area (Å²) in [7, 11) is 0. The number of hydrogen-bond acceptors (Lipinski definition) is 3. The summed E-state index contributed by atoms with van der Waals surface area (Å²) < 4.78 is 2.19. The monoisotopic (exact) mass is 301 g/mol. The zero-order valence-electron chi connectivity index (χ0n) is 12.1. The number of carbonyl (C=O) groups is 1. The molecule has 1 amide bonds. The highest BCUT2D eigenvalue weighted by atomic mass is 32.2. The highest BCUT2D eigenvalue weighted by Gasteiger charge is 2.15. The molecule has 0 bridgehead atoms. The molecule has 3 rings (SSSR count). The number of nitrogens with one attached hydrogen (secondary N) is 1. The Labute approximate surface area is 129 Å². The molecule has 0 saturated heterocycles. The second-order valence-electron chi connectivity index (χ2n) is 5.18. The van der Waals surface area contributed by atoms with E-state index >= 15 is 0 Å². The Morgan fingerprint density at radius 1 is 1.38 bits per heavy atom.